The predicted molar refractivity (Wildman–Crippen MR) is 47.4 cm³/mol. The van der Waals surface area contributed by atoms with Crippen molar-refractivity contribution in [3.63, 3.8) is 0 Å². The Labute approximate surface area is 79.7 Å². The third-order valence-corrected chi connectivity index (χ3v) is 2.20. The van der Waals surface area contributed by atoms with Crippen LogP contribution in [-0.2, 0) is 0 Å². The molecule has 0 aromatic heterocycles. The number of hydrogen-bond donors (Lipinski definition) is 1. The average Bonchev–Trinajstić information content (AvgIpc) is 2.08. The fourth-order valence-corrected chi connectivity index (χ4v) is 1.12. The molecule has 0 amide bonds. The van der Waals surface area contributed by atoms with E-state index < -0.39 is 12.8 Å². The Balaban J connectivity index is 2.96. The van der Waals surface area contributed by atoms with E-state index in [1.807, 2.05) is 0 Å². The molecule has 0 aliphatic rings. The summed E-state index contributed by atoms with van der Waals surface area (Å²) in [5.74, 6) is 0. The van der Waals surface area contributed by atoms with Gasteiger partial charge in [0.1, 0.15) is 6.17 Å². The number of benzene rings is 1. The van der Waals surface area contributed by atoms with E-state index >= 15 is 0 Å². The van der Waals surface area contributed by atoms with E-state index in [1.165, 1.54) is 18.2 Å². The van der Waals surface area contributed by atoms with Crippen LogP contribution in [0.2, 0.25) is 10.0 Å². The van der Waals surface area contributed by atoms with Gasteiger partial charge in [0.05, 0.1) is 16.7 Å². The zero-order chi connectivity index (χ0) is 9.14. The molecule has 1 nitrogen and oxygen atoms in total. The molecule has 4 heteroatoms. The molecule has 0 spiro atoms. The Morgan fingerprint density at radius 3 is 2.50 bits per heavy atom. The maximum atomic E-state index is 12.8. The average molecular weight is 209 g/mol. The molecule has 0 bridgehead atoms. The van der Waals surface area contributed by atoms with E-state index in [9.17, 15) is 4.39 Å². The van der Waals surface area contributed by atoms with Crippen LogP contribution in [0.25, 0.3) is 0 Å². The van der Waals surface area contributed by atoms with Gasteiger partial charge < -0.3 is 5.11 Å². The van der Waals surface area contributed by atoms with E-state index in [2.05, 4.69) is 0 Å². The van der Waals surface area contributed by atoms with Crippen LogP contribution < -0.4 is 0 Å². The highest BCUT2D eigenvalue weighted by atomic mass is 35.5. The Bertz CT molecular complexity index is 278. The molecule has 0 aliphatic carbocycles. The summed E-state index contributed by atoms with van der Waals surface area (Å²) in [7, 11) is 0. The lowest BCUT2D eigenvalue weighted by Gasteiger charge is -2.05. The van der Waals surface area contributed by atoms with Gasteiger partial charge in [0.2, 0.25) is 0 Å². The van der Waals surface area contributed by atoms with E-state index in [-0.39, 0.29) is 0 Å². The molecule has 0 heterocycles. The maximum absolute atomic E-state index is 12.8. The summed E-state index contributed by atoms with van der Waals surface area (Å²) >= 11 is 11.2. The number of aliphatic hydroxyl groups is 1. The van der Waals surface area contributed by atoms with Gasteiger partial charge in [-0.25, -0.2) is 4.39 Å². The highest BCUT2D eigenvalue weighted by Gasteiger charge is 2.09. The number of halogens is 3. The summed E-state index contributed by atoms with van der Waals surface area (Å²) in [6.07, 6.45) is -1.39. The molecule has 1 aromatic carbocycles. The molecule has 66 valence electrons. The molecule has 1 N–H and O–H groups in total. The van der Waals surface area contributed by atoms with Crippen molar-refractivity contribution in [3.05, 3.63) is 33.8 Å². The van der Waals surface area contributed by atoms with Crippen LogP contribution in [0.5, 0.6) is 0 Å². The molecule has 1 rings (SSSR count). The molecule has 0 saturated carbocycles. The van der Waals surface area contributed by atoms with Gasteiger partial charge in [0, 0.05) is 0 Å². The van der Waals surface area contributed by atoms with Gasteiger partial charge in [-0.05, 0) is 17.7 Å². The first-order valence-corrected chi connectivity index (χ1v) is 4.10. The van der Waals surface area contributed by atoms with Crippen molar-refractivity contribution in [1.29, 1.82) is 0 Å². The molecule has 1 aromatic rings. The molecular weight excluding hydrogens is 202 g/mol. The van der Waals surface area contributed by atoms with Crippen molar-refractivity contribution >= 4 is 23.2 Å². The van der Waals surface area contributed by atoms with Crippen LogP contribution in [0.15, 0.2) is 18.2 Å². The quantitative estimate of drug-likeness (QED) is 0.793. The zero-order valence-corrected chi connectivity index (χ0v) is 7.61. The predicted octanol–water partition coefficient (Wildman–Crippen LogP) is 3.00. The van der Waals surface area contributed by atoms with Gasteiger partial charge in [-0.2, -0.15) is 0 Å². The lowest BCUT2D eigenvalue weighted by atomic mass is 10.1. The standard InChI is InChI=1S/C8H7Cl2FO/c9-6-2-1-5(3-7(6)10)8(11)4-12/h1-3,8,12H,4H2. The molecule has 0 radical (unpaired) electrons. The van der Waals surface area contributed by atoms with Crippen molar-refractivity contribution in [2.24, 2.45) is 0 Å². The fraction of sp³-hybridized carbons (Fsp3) is 0.250. The number of aliphatic hydroxyl groups excluding tert-OH is 1. The lowest BCUT2D eigenvalue weighted by Crippen LogP contribution is -1.96. The second-order valence-corrected chi connectivity index (χ2v) is 3.14. The summed E-state index contributed by atoms with van der Waals surface area (Å²) in [5.41, 5.74) is 0.340. The molecule has 0 fully saturated rings. The largest absolute Gasteiger partial charge is 0.393 e. The Morgan fingerprint density at radius 2 is 2.00 bits per heavy atom. The summed E-state index contributed by atoms with van der Waals surface area (Å²) in [5, 5.41) is 9.17. The second kappa shape index (κ2) is 4.08. The smallest absolute Gasteiger partial charge is 0.148 e. The first-order valence-electron chi connectivity index (χ1n) is 3.35. The van der Waals surface area contributed by atoms with Gasteiger partial charge in [-0.15, -0.1) is 0 Å². The van der Waals surface area contributed by atoms with Gasteiger partial charge in [0.25, 0.3) is 0 Å². The van der Waals surface area contributed by atoms with E-state index in [0.29, 0.717) is 15.6 Å². The molecule has 1 atom stereocenters. The van der Waals surface area contributed by atoms with Gasteiger partial charge in [-0.3, -0.25) is 0 Å². The van der Waals surface area contributed by atoms with Crippen molar-refractivity contribution in [2.45, 2.75) is 6.17 Å². The molecule has 0 saturated heterocycles. The van der Waals surface area contributed by atoms with Crippen molar-refractivity contribution < 1.29 is 9.50 Å². The van der Waals surface area contributed by atoms with Crippen molar-refractivity contribution in [3.8, 4) is 0 Å². The highest BCUT2D eigenvalue weighted by molar-refractivity contribution is 6.42. The van der Waals surface area contributed by atoms with Gasteiger partial charge >= 0.3 is 0 Å². The zero-order valence-electron chi connectivity index (χ0n) is 6.10. The normalized spacial score (nSPS) is 13.0. The number of hydrogen-bond acceptors (Lipinski definition) is 1. The fourth-order valence-electron chi connectivity index (χ4n) is 0.813. The highest BCUT2D eigenvalue weighted by Crippen LogP contribution is 2.26. The van der Waals surface area contributed by atoms with Crippen LogP contribution in [0, 0.1) is 0 Å². The van der Waals surface area contributed by atoms with Crippen LogP contribution in [0.1, 0.15) is 11.7 Å². The topological polar surface area (TPSA) is 20.2 Å². The monoisotopic (exact) mass is 208 g/mol. The number of rotatable bonds is 2. The van der Waals surface area contributed by atoms with Crippen LogP contribution in [0.4, 0.5) is 4.39 Å². The minimum absolute atomic E-state index is 0.297. The minimum atomic E-state index is -1.39. The van der Waals surface area contributed by atoms with Crippen molar-refractivity contribution in [2.75, 3.05) is 6.61 Å². The Kier molecular flexibility index (Phi) is 3.32. The van der Waals surface area contributed by atoms with Gasteiger partial charge in [0.15, 0.2) is 0 Å². The lowest BCUT2D eigenvalue weighted by molar-refractivity contribution is 0.180. The first kappa shape index (κ1) is 9.78. The molecule has 0 aliphatic heterocycles. The Morgan fingerprint density at radius 1 is 1.33 bits per heavy atom. The van der Waals surface area contributed by atoms with Crippen LogP contribution >= 0.6 is 23.2 Å². The van der Waals surface area contributed by atoms with Crippen LogP contribution in [0.3, 0.4) is 0 Å². The molecular formula is C8H7Cl2FO. The van der Waals surface area contributed by atoms with Crippen molar-refractivity contribution in [1.82, 2.24) is 0 Å². The summed E-state index contributed by atoms with van der Waals surface area (Å²) < 4.78 is 12.8. The second-order valence-electron chi connectivity index (χ2n) is 2.32. The molecule has 1 unspecified atom stereocenters. The van der Waals surface area contributed by atoms with Gasteiger partial charge in [-0.1, -0.05) is 29.3 Å². The maximum Gasteiger partial charge on any atom is 0.148 e. The molecule has 12 heavy (non-hydrogen) atoms. The van der Waals surface area contributed by atoms with E-state index in [0.717, 1.165) is 0 Å². The minimum Gasteiger partial charge on any atom is -0.393 e. The van der Waals surface area contributed by atoms with E-state index in [4.69, 9.17) is 28.3 Å². The third kappa shape index (κ3) is 2.09. The SMILES string of the molecule is OCC(F)c1ccc(Cl)c(Cl)c1. The third-order valence-electron chi connectivity index (χ3n) is 1.47. The van der Waals surface area contributed by atoms with Crippen LogP contribution in [-0.4, -0.2) is 11.7 Å². The first-order chi connectivity index (χ1) is 5.65. The number of alkyl halides is 1. The Hall–Kier alpha value is -0.310. The summed E-state index contributed by atoms with van der Waals surface area (Å²) in [4.78, 5) is 0. The summed E-state index contributed by atoms with van der Waals surface area (Å²) in [6, 6.07) is 4.40. The summed E-state index contributed by atoms with van der Waals surface area (Å²) in [6.45, 7) is -0.544. The van der Waals surface area contributed by atoms with E-state index in [1.54, 1.807) is 0 Å².